The minimum Gasteiger partial charge on any atom is -0.465 e. The Kier molecular flexibility index (Phi) is 7.80. The molecule has 0 saturated heterocycles. The predicted octanol–water partition coefficient (Wildman–Crippen LogP) is 2.33. The van der Waals surface area contributed by atoms with E-state index in [2.05, 4.69) is 0 Å². The molecule has 20 heavy (non-hydrogen) atoms. The molecule has 0 atom stereocenters. The van der Waals surface area contributed by atoms with E-state index in [0.29, 0.717) is 25.4 Å². The SMILES string of the molecule is CCOC(=O)CSCC(=O)N(CC)Cc1ccccc1. The summed E-state index contributed by atoms with van der Waals surface area (Å²) in [5.74, 6) is 0.309. The molecular formula is C15H21NO3S. The summed E-state index contributed by atoms with van der Waals surface area (Å²) in [6, 6.07) is 9.88. The van der Waals surface area contributed by atoms with Crippen LogP contribution in [0.5, 0.6) is 0 Å². The Morgan fingerprint density at radius 2 is 1.85 bits per heavy atom. The minimum atomic E-state index is -0.267. The van der Waals surface area contributed by atoms with E-state index in [-0.39, 0.29) is 17.6 Å². The van der Waals surface area contributed by atoms with Crippen LogP contribution in [-0.2, 0) is 20.9 Å². The van der Waals surface area contributed by atoms with Crippen molar-refractivity contribution >= 4 is 23.6 Å². The lowest BCUT2D eigenvalue weighted by molar-refractivity contribution is -0.139. The van der Waals surface area contributed by atoms with Gasteiger partial charge in [0.15, 0.2) is 0 Å². The molecular weight excluding hydrogens is 274 g/mol. The van der Waals surface area contributed by atoms with Gasteiger partial charge in [0.1, 0.15) is 0 Å². The summed E-state index contributed by atoms with van der Waals surface area (Å²) in [5, 5.41) is 0. The van der Waals surface area contributed by atoms with Gasteiger partial charge in [-0.05, 0) is 19.4 Å². The topological polar surface area (TPSA) is 46.6 Å². The van der Waals surface area contributed by atoms with Gasteiger partial charge in [0, 0.05) is 13.1 Å². The third-order valence-electron chi connectivity index (χ3n) is 2.70. The normalized spacial score (nSPS) is 10.1. The van der Waals surface area contributed by atoms with Crippen molar-refractivity contribution in [1.82, 2.24) is 4.90 Å². The quantitative estimate of drug-likeness (QED) is 0.691. The van der Waals surface area contributed by atoms with Crippen LogP contribution in [-0.4, -0.2) is 41.4 Å². The Labute approximate surface area is 124 Å². The fraction of sp³-hybridized carbons (Fsp3) is 0.467. The summed E-state index contributed by atoms with van der Waals surface area (Å²) >= 11 is 1.30. The third-order valence-corrected chi connectivity index (χ3v) is 3.59. The second kappa shape index (κ2) is 9.42. The Morgan fingerprint density at radius 3 is 2.45 bits per heavy atom. The first-order valence-corrected chi connectivity index (χ1v) is 7.87. The van der Waals surface area contributed by atoms with Crippen LogP contribution in [0.3, 0.4) is 0 Å². The molecule has 1 aromatic carbocycles. The first kappa shape index (κ1) is 16.6. The lowest BCUT2D eigenvalue weighted by atomic mass is 10.2. The van der Waals surface area contributed by atoms with Crippen LogP contribution in [0.15, 0.2) is 30.3 Å². The highest BCUT2D eigenvalue weighted by atomic mass is 32.2. The molecule has 110 valence electrons. The van der Waals surface area contributed by atoms with Crippen LogP contribution in [0.25, 0.3) is 0 Å². The van der Waals surface area contributed by atoms with Gasteiger partial charge in [0.2, 0.25) is 5.91 Å². The largest absolute Gasteiger partial charge is 0.465 e. The zero-order valence-electron chi connectivity index (χ0n) is 12.0. The number of thioether (sulfide) groups is 1. The average molecular weight is 295 g/mol. The number of hydrogen-bond donors (Lipinski definition) is 0. The van der Waals surface area contributed by atoms with Gasteiger partial charge in [-0.2, -0.15) is 0 Å². The second-order valence-corrected chi connectivity index (χ2v) is 5.18. The van der Waals surface area contributed by atoms with Gasteiger partial charge in [-0.3, -0.25) is 9.59 Å². The number of carbonyl (C=O) groups excluding carboxylic acids is 2. The molecule has 0 heterocycles. The van der Waals surface area contributed by atoms with Crippen LogP contribution >= 0.6 is 11.8 Å². The van der Waals surface area contributed by atoms with E-state index in [9.17, 15) is 9.59 Å². The van der Waals surface area contributed by atoms with E-state index < -0.39 is 0 Å². The summed E-state index contributed by atoms with van der Waals surface area (Å²) < 4.78 is 4.82. The van der Waals surface area contributed by atoms with Gasteiger partial charge in [-0.25, -0.2) is 0 Å². The molecule has 0 bridgehead atoms. The number of esters is 1. The molecule has 1 rings (SSSR count). The monoisotopic (exact) mass is 295 g/mol. The molecule has 1 aromatic rings. The van der Waals surface area contributed by atoms with E-state index in [4.69, 9.17) is 4.74 Å². The highest BCUT2D eigenvalue weighted by Gasteiger charge is 2.13. The van der Waals surface area contributed by atoms with Crippen LogP contribution in [0.4, 0.5) is 0 Å². The smallest absolute Gasteiger partial charge is 0.315 e. The highest BCUT2D eigenvalue weighted by molar-refractivity contribution is 8.00. The van der Waals surface area contributed by atoms with Gasteiger partial charge in [0.05, 0.1) is 18.1 Å². The molecule has 0 saturated carbocycles. The van der Waals surface area contributed by atoms with Crippen molar-refractivity contribution in [2.24, 2.45) is 0 Å². The molecule has 1 amide bonds. The number of hydrogen-bond acceptors (Lipinski definition) is 4. The van der Waals surface area contributed by atoms with Gasteiger partial charge < -0.3 is 9.64 Å². The summed E-state index contributed by atoms with van der Waals surface area (Å²) in [5.41, 5.74) is 1.11. The van der Waals surface area contributed by atoms with Crippen LogP contribution < -0.4 is 0 Å². The summed E-state index contributed by atoms with van der Waals surface area (Å²) in [6.45, 7) is 5.37. The second-order valence-electron chi connectivity index (χ2n) is 4.19. The maximum Gasteiger partial charge on any atom is 0.315 e. The molecule has 0 spiro atoms. The molecule has 0 radical (unpaired) electrons. The van der Waals surface area contributed by atoms with E-state index >= 15 is 0 Å². The Balaban J connectivity index is 2.37. The fourth-order valence-electron chi connectivity index (χ4n) is 1.70. The maximum absolute atomic E-state index is 12.1. The van der Waals surface area contributed by atoms with Crippen molar-refractivity contribution in [1.29, 1.82) is 0 Å². The number of nitrogens with zero attached hydrogens (tertiary/aromatic N) is 1. The van der Waals surface area contributed by atoms with Crippen molar-refractivity contribution in [3.8, 4) is 0 Å². The van der Waals surface area contributed by atoms with Gasteiger partial charge in [0.25, 0.3) is 0 Å². The summed E-state index contributed by atoms with van der Waals surface area (Å²) in [4.78, 5) is 25.0. The lowest BCUT2D eigenvalue weighted by Crippen LogP contribution is -2.32. The fourth-order valence-corrected chi connectivity index (χ4v) is 2.41. The first-order valence-electron chi connectivity index (χ1n) is 6.72. The highest BCUT2D eigenvalue weighted by Crippen LogP contribution is 2.08. The molecule has 0 aromatic heterocycles. The number of ether oxygens (including phenoxy) is 1. The van der Waals surface area contributed by atoms with Crippen LogP contribution in [0, 0.1) is 0 Å². The average Bonchev–Trinajstić information content (AvgIpc) is 2.46. The maximum atomic E-state index is 12.1. The van der Waals surface area contributed by atoms with Crippen molar-refractivity contribution in [2.75, 3.05) is 24.7 Å². The molecule has 4 nitrogen and oxygen atoms in total. The van der Waals surface area contributed by atoms with Gasteiger partial charge in [-0.1, -0.05) is 30.3 Å². The zero-order chi connectivity index (χ0) is 14.8. The van der Waals surface area contributed by atoms with Crippen molar-refractivity contribution < 1.29 is 14.3 Å². The molecule has 5 heteroatoms. The Bertz CT molecular complexity index is 422. The van der Waals surface area contributed by atoms with E-state index in [1.807, 2.05) is 37.3 Å². The first-order chi connectivity index (χ1) is 9.67. The van der Waals surface area contributed by atoms with E-state index in [1.54, 1.807) is 11.8 Å². The number of amides is 1. The van der Waals surface area contributed by atoms with Crippen LogP contribution in [0.1, 0.15) is 19.4 Å². The van der Waals surface area contributed by atoms with Crippen molar-refractivity contribution in [3.63, 3.8) is 0 Å². The van der Waals surface area contributed by atoms with Crippen LogP contribution in [0.2, 0.25) is 0 Å². The molecule has 0 fully saturated rings. The summed E-state index contributed by atoms with van der Waals surface area (Å²) in [6.07, 6.45) is 0. The van der Waals surface area contributed by atoms with Gasteiger partial charge >= 0.3 is 5.97 Å². The number of benzene rings is 1. The molecule has 0 aliphatic rings. The third kappa shape index (κ3) is 6.10. The minimum absolute atomic E-state index is 0.0469. The Morgan fingerprint density at radius 1 is 1.15 bits per heavy atom. The zero-order valence-corrected chi connectivity index (χ0v) is 12.8. The van der Waals surface area contributed by atoms with Crippen molar-refractivity contribution in [3.05, 3.63) is 35.9 Å². The van der Waals surface area contributed by atoms with E-state index in [1.165, 1.54) is 11.8 Å². The number of rotatable bonds is 8. The van der Waals surface area contributed by atoms with Gasteiger partial charge in [-0.15, -0.1) is 11.8 Å². The number of carbonyl (C=O) groups is 2. The lowest BCUT2D eigenvalue weighted by Gasteiger charge is -2.20. The predicted molar refractivity (Wildman–Crippen MR) is 81.5 cm³/mol. The van der Waals surface area contributed by atoms with E-state index in [0.717, 1.165) is 5.56 Å². The Hall–Kier alpha value is -1.49. The van der Waals surface area contributed by atoms with Crippen molar-refractivity contribution in [2.45, 2.75) is 20.4 Å². The molecule has 0 aliphatic carbocycles. The molecule has 0 unspecified atom stereocenters. The molecule has 0 aliphatic heterocycles. The standard InChI is InChI=1S/C15H21NO3S/c1-3-16(10-13-8-6-5-7-9-13)14(17)11-20-12-15(18)19-4-2/h5-9H,3-4,10-12H2,1-2H3. The molecule has 0 N–H and O–H groups in total. The summed E-state index contributed by atoms with van der Waals surface area (Å²) in [7, 11) is 0.